The minimum absolute atomic E-state index is 0.890. The maximum absolute atomic E-state index is 9.73. The number of hydrogen-bond acceptors (Lipinski definition) is 2. The Bertz CT molecular complexity index is 156. The lowest BCUT2D eigenvalue weighted by Crippen LogP contribution is -1.80. The highest BCUT2D eigenvalue weighted by Gasteiger charge is 1.85. The van der Waals surface area contributed by atoms with Gasteiger partial charge >= 0.3 is 0 Å². The summed E-state index contributed by atoms with van der Waals surface area (Å²) >= 11 is 9.40. The fourth-order valence-corrected chi connectivity index (χ4v) is 0.193. The van der Waals surface area contributed by atoms with Gasteiger partial charge in [-0.15, -0.1) is 0 Å². The molecule has 0 aromatic rings. The van der Waals surface area contributed by atoms with Gasteiger partial charge in [0.25, 0.3) is 10.5 Å². The van der Waals surface area contributed by atoms with Gasteiger partial charge in [0.15, 0.2) is 0 Å². The van der Waals surface area contributed by atoms with Gasteiger partial charge in [0.2, 0.25) is 0 Å². The Balaban J connectivity index is 3.87. The highest BCUT2D eigenvalue weighted by Crippen LogP contribution is 1.77. The van der Waals surface area contributed by atoms with E-state index in [0.717, 1.165) is 0 Å². The highest BCUT2D eigenvalue weighted by atomic mass is 35.5. The van der Waals surface area contributed by atoms with Crippen LogP contribution in [0.1, 0.15) is 0 Å². The Morgan fingerprint density at radius 2 is 1.25 bits per heavy atom. The lowest BCUT2D eigenvalue weighted by molar-refractivity contribution is -0.108. The molecule has 0 aromatic carbocycles. The Labute approximate surface area is 55.8 Å². The van der Waals surface area contributed by atoms with E-state index >= 15 is 0 Å². The normalized spacial score (nSPS) is 6.75. The number of carbonyl (C=O) groups excluding carboxylic acids is 2. The molecule has 0 unspecified atom stereocenters. The van der Waals surface area contributed by atoms with Crippen molar-refractivity contribution >= 4 is 33.7 Å². The van der Waals surface area contributed by atoms with Crippen LogP contribution in [0, 0.1) is 11.8 Å². The van der Waals surface area contributed by atoms with Gasteiger partial charge in [-0.2, -0.15) is 0 Å². The number of halogens is 2. The third-order valence-corrected chi connectivity index (χ3v) is 0.448. The summed E-state index contributed by atoms with van der Waals surface area (Å²) in [6.45, 7) is 0. The van der Waals surface area contributed by atoms with E-state index in [1.54, 1.807) is 11.8 Å². The lowest BCUT2D eigenvalue weighted by Gasteiger charge is -1.64. The van der Waals surface area contributed by atoms with Gasteiger partial charge in [-0.05, 0) is 35.0 Å². The van der Waals surface area contributed by atoms with Crippen molar-refractivity contribution in [2.24, 2.45) is 0 Å². The molecule has 4 heteroatoms. The summed E-state index contributed by atoms with van der Waals surface area (Å²) in [4.78, 5) is 19.5. The molecule has 0 spiro atoms. The molecule has 0 rings (SSSR count). The SMILES string of the molecule is O=C(Cl)C#CC(=O)Cl. The highest BCUT2D eigenvalue weighted by molar-refractivity contribution is 6.71. The molecule has 8 heavy (non-hydrogen) atoms. The van der Waals surface area contributed by atoms with Crippen LogP contribution in [0.3, 0.4) is 0 Å². The van der Waals surface area contributed by atoms with E-state index in [-0.39, 0.29) is 0 Å². The van der Waals surface area contributed by atoms with Crippen molar-refractivity contribution in [2.75, 3.05) is 0 Å². The topological polar surface area (TPSA) is 34.1 Å². The van der Waals surface area contributed by atoms with Crippen molar-refractivity contribution < 1.29 is 9.59 Å². The molecular formula is C4Cl2O2. The predicted octanol–water partition coefficient (Wildman–Crippen LogP) is 0.521. The minimum Gasteiger partial charge on any atom is -0.266 e. The number of rotatable bonds is 0. The molecule has 2 nitrogen and oxygen atoms in total. The van der Waals surface area contributed by atoms with Crippen molar-refractivity contribution in [2.45, 2.75) is 0 Å². The fraction of sp³-hybridized carbons (Fsp3) is 0. The standard InChI is InChI=1S/C4Cl2O2/c5-3(7)1-2-4(6)8. The van der Waals surface area contributed by atoms with Crippen LogP contribution in [0.25, 0.3) is 0 Å². The average molecular weight is 151 g/mol. The largest absolute Gasteiger partial charge is 0.296 e. The Kier molecular flexibility index (Phi) is 3.25. The third-order valence-electron chi connectivity index (χ3n) is 0.259. The molecular weight excluding hydrogens is 151 g/mol. The van der Waals surface area contributed by atoms with E-state index in [1.807, 2.05) is 0 Å². The molecule has 0 amide bonds. The Morgan fingerprint density at radius 3 is 1.38 bits per heavy atom. The molecule has 0 saturated carbocycles. The summed E-state index contributed by atoms with van der Waals surface area (Å²) in [6, 6.07) is 0. The maximum Gasteiger partial charge on any atom is 0.296 e. The summed E-state index contributed by atoms with van der Waals surface area (Å²) in [5.74, 6) is 3.48. The summed E-state index contributed by atoms with van der Waals surface area (Å²) in [5.41, 5.74) is 0. The lowest BCUT2D eigenvalue weighted by atomic mass is 10.6. The summed E-state index contributed by atoms with van der Waals surface area (Å²) in [6.07, 6.45) is 0. The molecule has 0 fully saturated rings. The molecule has 0 aliphatic carbocycles. The maximum atomic E-state index is 9.73. The zero-order chi connectivity index (χ0) is 6.57. The zero-order valence-corrected chi connectivity index (χ0v) is 5.08. The molecule has 0 heterocycles. The van der Waals surface area contributed by atoms with Crippen LogP contribution < -0.4 is 0 Å². The van der Waals surface area contributed by atoms with Crippen LogP contribution in [0.15, 0.2) is 0 Å². The van der Waals surface area contributed by atoms with E-state index in [4.69, 9.17) is 23.2 Å². The molecule has 0 aliphatic heterocycles. The molecule has 0 radical (unpaired) electrons. The van der Waals surface area contributed by atoms with Crippen LogP contribution in [-0.2, 0) is 9.59 Å². The minimum atomic E-state index is -0.890. The van der Waals surface area contributed by atoms with Crippen LogP contribution in [0.2, 0.25) is 0 Å². The first-order chi connectivity index (χ1) is 3.63. The first kappa shape index (κ1) is 7.48. The van der Waals surface area contributed by atoms with Gasteiger partial charge in [0, 0.05) is 0 Å². The summed E-state index contributed by atoms with van der Waals surface area (Å²) in [7, 11) is 0. The second-order valence-electron chi connectivity index (χ2n) is 0.797. The first-order valence-electron chi connectivity index (χ1n) is 1.54. The fourth-order valence-electron chi connectivity index (χ4n) is 0.0983. The third kappa shape index (κ3) is 5.48. The first-order valence-corrected chi connectivity index (χ1v) is 2.29. The van der Waals surface area contributed by atoms with E-state index in [9.17, 15) is 9.59 Å². The van der Waals surface area contributed by atoms with Crippen LogP contribution in [0.4, 0.5) is 0 Å². The second-order valence-corrected chi connectivity index (χ2v) is 1.48. The Hall–Kier alpha value is -0.520. The quantitative estimate of drug-likeness (QED) is 0.373. The van der Waals surface area contributed by atoms with Gasteiger partial charge < -0.3 is 0 Å². The van der Waals surface area contributed by atoms with E-state index < -0.39 is 10.5 Å². The van der Waals surface area contributed by atoms with Gasteiger partial charge in [-0.3, -0.25) is 9.59 Å². The van der Waals surface area contributed by atoms with Crippen LogP contribution in [0.5, 0.6) is 0 Å². The monoisotopic (exact) mass is 150 g/mol. The van der Waals surface area contributed by atoms with E-state index in [0.29, 0.717) is 0 Å². The summed E-state index contributed by atoms with van der Waals surface area (Å²) < 4.78 is 0. The number of carbonyl (C=O) groups is 2. The zero-order valence-electron chi connectivity index (χ0n) is 3.57. The molecule has 0 N–H and O–H groups in total. The van der Waals surface area contributed by atoms with Gasteiger partial charge in [-0.1, -0.05) is 0 Å². The molecule has 42 valence electrons. The Morgan fingerprint density at radius 1 is 1.00 bits per heavy atom. The van der Waals surface area contributed by atoms with E-state index in [1.165, 1.54) is 0 Å². The van der Waals surface area contributed by atoms with E-state index in [2.05, 4.69) is 0 Å². The van der Waals surface area contributed by atoms with Crippen LogP contribution >= 0.6 is 23.2 Å². The molecule has 0 bridgehead atoms. The van der Waals surface area contributed by atoms with Gasteiger partial charge in [-0.25, -0.2) is 0 Å². The molecule has 0 aromatic heterocycles. The smallest absolute Gasteiger partial charge is 0.266 e. The van der Waals surface area contributed by atoms with Crippen molar-refractivity contribution in [3.05, 3.63) is 0 Å². The molecule has 0 saturated heterocycles. The van der Waals surface area contributed by atoms with Crippen molar-refractivity contribution in [1.82, 2.24) is 0 Å². The average Bonchev–Trinajstić information content (AvgIpc) is 1.61. The molecule has 0 atom stereocenters. The van der Waals surface area contributed by atoms with Crippen molar-refractivity contribution in [3.63, 3.8) is 0 Å². The van der Waals surface area contributed by atoms with Crippen LogP contribution in [-0.4, -0.2) is 10.5 Å². The van der Waals surface area contributed by atoms with Crippen molar-refractivity contribution in [1.29, 1.82) is 0 Å². The van der Waals surface area contributed by atoms with Gasteiger partial charge in [0.05, 0.1) is 0 Å². The second kappa shape index (κ2) is 3.48. The van der Waals surface area contributed by atoms with Crippen molar-refractivity contribution in [3.8, 4) is 11.8 Å². The summed E-state index contributed by atoms with van der Waals surface area (Å²) in [5, 5.41) is -1.78. The predicted molar refractivity (Wildman–Crippen MR) is 29.5 cm³/mol. The van der Waals surface area contributed by atoms with Gasteiger partial charge in [0.1, 0.15) is 0 Å². The molecule has 0 aliphatic rings. The number of hydrogen-bond donors (Lipinski definition) is 0.